The molecule has 26 heavy (non-hydrogen) atoms. The van der Waals surface area contributed by atoms with Crippen LogP contribution in [0, 0.1) is 5.92 Å². The highest BCUT2D eigenvalue weighted by molar-refractivity contribution is 7.09. The Balaban J connectivity index is 1.43. The minimum absolute atomic E-state index is 0.607. The van der Waals surface area contributed by atoms with Crippen molar-refractivity contribution in [3.05, 3.63) is 46.7 Å². The van der Waals surface area contributed by atoms with Gasteiger partial charge < -0.3 is 20.3 Å². The summed E-state index contributed by atoms with van der Waals surface area (Å²) in [5.74, 6) is 2.44. The average molecular weight is 373 g/mol. The van der Waals surface area contributed by atoms with E-state index in [9.17, 15) is 0 Å². The number of para-hydroxylation sites is 2. The van der Waals surface area contributed by atoms with Crippen LogP contribution in [-0.4, -0.2) is 46.3 Å². The Bertz CT molecular complexity index is 702. The predicted molar refractivity (Wildman–Crippen MR) is 111 cm³/mol. The van der Waals surface area contributed by atoms with Gasteiger partial charge in [0.05, 0.1) is 12.8 Å². The summed E-state index contributed by atoms with van der Waals surface area (Å²) in [6, 6.07) is 12.5. The maximum absolute atomic E-state index is 5.50. The van der Waals surface area contributed by atoms with Gasteiger partial charge in [0.15, 0.2) is 5.96 Å². The van der Waals surface area contributed by atoms with Gasteiger partial charge in [-0.25, -0.2) is 0 Å². The number of anilines is 1. The number of nitrogens with one attached hydrogen (secondary N) is 2. The van der Waals surface area contributed by atoms with Gasteiger partial charge in [-0.05, 0) is 42.3 Å². The molecule has 1 atom stereocenters. The zero-order valence-corrected chi connectivity index (χ0v) is 16.4. The Hall–Kier alpha value is -2.21. The first-order chi connectivity index (χ1) is 12.8. The van der Waals surface area contributed by atoms with Crippen molar-refractivity contribution in [3.63, 3.8) is 0 Å². The van der Waals surface area contributed by atoms with Crippen molar-refractivity contribution in [1.82, 2.24) is 10.6 Å². The van der Waals surface area contributed by atoms with Crippen molar-refractivity contribution in [3.8, 4) is 5.75 Å². The first-order valence-electron chi connectivity index (χ1n) is 9.15. The summed E-state index contributed by atoms with van der Waals surface area (Å²) in [5.41, 5.74) is 1.19. The Morgan fingerprint density at radius 2 is 2.15 bits per heavy atom. The number of thiophene rings is 1. The molecule has 2 aromatic rings. The number of hydrogen-bond donors (Lipinski definition) is 2. The summed E-state index contributed by atoms with van der Waals surface area (Å²) in [5, 5.41) is 9.00. The molecule has 0 saturated carbocycles. The van der Waals surface area contributed by atoms with Crippen LogP contribution in [-0.2, 0) is 6.42 Å². The van der Waals surface area contributed by atoms with Gasteiger partial charge in [0.2, 0.25) is 0 Å². The van der Waals surface area contributed by atoms with Gasteiger partial charge in [-0.1, -0.05) is 18.2 Å². The Kier molecular flexibility index (Phi) is 6.77. The van der Waals surface area contributed by atoms with E-state index in [1.54, 1.807) is 18.4 Å². The number of rotatable bonds is 7. The maximum atomic E-state index is 5.50. The van der Waals surface area contributed by atoms with E-state index < -0.39 is 0 Å². The van der Waals surface area contributed by atoms with E-state index >= 15 is 0 Å². The molecule has 0 spiro atoms. The van der Waals surface area contributed by atoms with E-state index in [1.165, 1.54) is 17.0 Å². The number of nitrogens with zero attached hydrogens (tertiary/aromatic N) is 2. The van der Waals surface area contributed by atoms with Crippen LogP contribution >= 0.6 is 11.3 Å². The lowest BCUT2D eigenvalue weighted by molar-refractivity contribution is 0.414. The quantitative estimate of drug-likeness (QED) is 0.579. The fourth-order valence-electron chi connectivity index (χ4n) is 3.33. The zero-order valence-electron chi connectivity index (χ0n) is 15.6. The SMILES string of the molecule is CN=C(NCCc1cccs1)NCC1CCN(c2ccccc2OC)C1. The molecule has 5 nitrogen and oxygen atoms in total. The van der Waals surface area contributed by atoms with E-state index in [2.05, 4.69) is 50.2 Å². The average Bonchev–Trinajstić information content (AvgIpc) is 3.36. The predicted octanol–water partition coefficient (Wildman–Crippen LogP) is 2.99. The van der Waals surface area contributed by atoms with E-state index in [0.29, 0.717) is 5.92 Å². The molecule has 0 amide bonds. The van der Waals surface area contributed by atoms with E-state index in [0.717, 1.165) is 44.3 Å². The first kappa shape index (κ1) is 18.6. The van der Waals surface area contributed by atoms with Crippen molar-refractivity contribution in [2.75, 3.05) is 45.2 Å². The Labute approximate surface area is 160 Å². The van der Waals surface area contributed by atoms with Crippen LogP contribution in [0.4, 0.5) is 5.69 Å². The van der Waals surface area contributed by atoms with Crippen molar-refractivity contribution >= 4 is 23.0 Å². The summed E-state index contributed by atoms with van der Waals surface area (Å²) in [7, 11) is 3.57. The minimum Gasteiger partial charge on any atom is -0.495 e. The molecule has 2 N–H and O–H groups in total. The summed E-state index contributed by atoms with van der Waals surface area (Å²) in [4.78, 5) is 8.15. The highest BCUT2D eigenvalue weighted by Gasteiger charge is 2.24. The second-order valence-electron chi connectivity index (χ2n) is 6.48. The van der Waals surface area contributed by atoms with Gasteiger partial charge in [0, 0.05) is 38.1 Å². The Morgan fingerprint density at radius 1 is 1.27 bits per heavy atom. The molecular formula is C20H28N4OS. The molecule has 1 aliphatic heterocycles. The highest BCUT2D eigenvalue weighted by atomic mass is 32.1. The third kappa shape index (κ3) is 4.91. The van der Waals surface area contributed by atoms with Crippen molar-refractivity contribution in [1.29, 1.82) is 0 Å². The molecule has 0 bridgehead atoms. The molecule has 6 heteroatoms. The van der Waals surface area contributed by atoms with Crippen LogP contribution in [0.15, 0.2) is 46.8 Å². The lowest BCUT2D eigenvalue weighted by Gasteiger charge is -2.21. The maximum Gasteiger partial charge on any atom is 0.190 e. The third-order valence-electron chi connectivity index (χ3n) is 4.74. The summed E-state index contributed by atoms with van der Waals surface area (Å²) < 4.78 is 5.50. The number of ether oxygens (including phenoxy) is 1. The van der Waals surface area contributed by atoms with E-state index in [-0.39, 0.29) is 0 Å². The van der Waals surface area contributed by atoms with Crippen molar-refractivity contribution < 1.29 is 4.74 Å². The number of guanidine groups is 1. The molecular weight excluding hydrogens is 344 g/mol. The molecule has 1 aliphatic rings. The minimum atomic E-state index is 0.607. The number of benzene rings is 1. The van der Waals surface area contributed by atoms with Gasteiger partial charge in [-0.2, -0.15) is 0 Å². The lowest BCUT2D eigenvalue weighted by Crippen LogP contribution is -2.41. The second-order valence-corrected chi connectivity index (χ2v) is 7.51. The molecule has 3 rings (SSSR count). The molecule has 1 fully saturated rings. The van der Waals surface area contributed by atoms with Gasteiger partial charge >= 0.3 is 0 Å². The second kappa shape index (κ2) is 9.48. The van der Waals surface area contributed by atoms with Crippen LogP contribution in [0.3, 0.4) is 0 Å². The van der Waals surface area contributed by atoms with E-state index in [4.69, 9.17) is 4.74 Å². The Morgan fingerprint density at radius 3 is 2.92 bits per heavy atom. The summed E-state index contributed by atoms with van der Waals surface area (Å²) in [6.07, 6.45) is 2.21. The van der Waals surface area contributed by atoms with Crippen LogP contribution in [0.25, 0.3) is 0 Å². The largest absolute Gasteiger partial charge is 0.495 e. The van der Waals surface area contributed by atoms with Crippen LogP contribution in [0.1, 0.15) is 11.3 Å². The van der Waals surface area contributed by atoms with Gasteiger partial charge in [-0.3, -0.25) is 4.99 Å². The summed E-state index contributed by atoms with van der Waals surface area (Å²) in [6.45, 7) is 3.94. The molecule has 0 aliphatic carbocycles. The highest BCUT2D eigenvalue weighted by Crippen LogP contribution is 2.31. The molecule has 1 unspecified atom stereocenters. The normalized spacial score (nSPS) is 17.4. The molecule has 1 aromatic heterocycles. The number of methoxy groups -OCH3 is 1. The lowest BCUT2D eigenvalue weighted by atomic mass is 10.1. The molecule has 2 heterocycles. The van der Waals surface area contributed by atoms with Gasteiger partial charge in [0.25, 0.3) is 0 Å². The number of hydrogen-bond acceptors (Lipinski definition) is 4. The van der Waals surface area contributed by atoms with Crippen LogP contribution in [0.2, 0.25) is 0 Å². The fourth-order valence-corrected chi connectivity index (χ4v) is 4.04. The summed E-state index contributed by atoms with van der Waals surface area (Å²) >= 11 is 1.80. The zero-order chi connectivity index (χ0) is 18.2. The van der Waals surface area contributed by atoms with Crippen LogP contribution < -0.4 is 20.3 Å². The first-order valence-corrected chi connectivity index (χ1v) is 10.0. The fraction of sp³-hybridized carbons (Fsp3) is 0.450. The van der Waals surface area contributed by atoms with Crippen LogP contribution in [0.5, 0.6) is 5.75 Å². The van der Waals surface area contributed by atoms with Crippen molar-refractivity contribution in [2.24, 2.45) is 10.9 Å². The molecule has 0 radical (unpaired) electrons. The standard InChI is InChI=1S/C20H28N4OS/c1-21-20(22-11-9-17-6-5-13-26-17)23-14-16-10-12-24(15-16)18-7-3-4-8-19(18)25-2/h3-8,13,16H,9-12,14-15H2,1-2H3,(H2,21,22,23). The van der Waals surface area contributed by atoms with E-state index in [1.807, 2.05) is 19.2 Å². The third-order valence-corrected chi connectivity index (χ3v) is 5.67. The van der Waals surface area contributed by atoms with Gasteiger partial charge in [-0.15, -0.1) is 11.3 Å². The molecule has 1 saturated heterocycles. The topological polar surface area (TPSA) is 48.9 Å². The monoisotopic (exact) mass is 372 g/mol. The van der Waals surface area contributed by atoms with Crippen molar-refractivity contribution in [2.45, 2.75) is 12.8 Å². The number of aliphatic imine (C=N–C) groups is 1. The van der Waals surface area contributed by atoms with Gasteiger partial charge in [0.1, 0.15) is 5.75 Å². The smallest absolute Gasteiger partial charge is 0.190 e. The molecule has 1 aromatic carbocycles. The molecule has 140 valence electrons.